The predicted molar refractivity (Wildman–Crippen MR) is 123 cm³/mol. The Morgan fingerprint density at radius 1 is 1.21 bits per heavy atom. The summed E-state index contributed by atoms with van der Waals surface area (Å²) in [5.41, 5.74) is 0.484. The van der Waals surface area contributed by atoms with Gasteiger partial charge in [0.1, 0.15) is 18.1 Å². The van der Waals surface area contributed by atoms with Crippen molar-refractivity contribution < 1.29 is 33.0 Å². The molecule has 1 aromatic carbocycles. The molecular weight excluding hydrogens is 438 g/mol. The molecule has 1 atom stereocenters. The zero-order valence-corrected chi connectivity index (χ0v) is 18.9. The van der Waals surface area contributed by atoms with Crippen molar-refractivity contribution in [2.75, 3.05) is 13.2 Å². The second kappa shape index (κ2) is 9.74. The van der Waals surface area contributed by atoms with Gasteiger partial charge in [0.05, 0.1) is 31.0 Å². The van der Waals surface area contributed by atoms with Crippen LogP contribution in [-0.4, -0.2) is 34.9 Å². The lowest BCUT2D eigenvalue weighted by Gasteiger charge is -2.26. The normalized spacial score (nSPS) is 15.6. The summed E-state index contributed by atoms with van der Waals surface area (Å²) in [7, 11) is 0. The number of benzene rings is 1. The third-order valence-electron chi connectivity index (χ3n) is 5.36. The fourth-order valence-corrected chi connectivity index (χ4v) is 3.89. The number of aliphatic hydroxyl groups is 1. The average Bonchev–Trinajstić information content (AvgIpc) is 3.55. The molecule has 1 aliphatic heterocycles. The lowest BCUT2D eigenvalue weighted by Crippen LogP contribution is -2.30. The van der Waals surface area contributed by atoms with Gasteiger partial charge in [-0.2, -0.15) is 0 Å². The molecule has 0 saturated heterocycles. The fraction of sp³-hybridized carbons (Fsp3) is 0.231. The molecule has 3 heterocycles. The summed E-state index contributed by atoms with van der Waals surface area (Å²) in [5.74, 6) is 0.139. The summed E-state index contributed by atoms with van der Waals surface area (Å²) in [4.78, 5) is 27.9. The summed E-state index contributed by atoms with van der Waals surface area (Å²) in [5, 5.41) is 10.8. The molecule has 4 rings (SSSR count). The van der Waals surface area contributed by atoms with E-state index in [2.05, 4.69) is 6.58 Å². The third kappa shape index (κ3) is 4.34. The van der Waals surface area contributed by atoms with Crippen molar-refractivity contribution in [3.63, 3.8) is 0 Å². The second-order valence-corrected chi connectivity index (χ2v) is 7.66. The highest BCUT2D eigenvalue weighted by molar-refractivity contribution is 6.15. The van der Waals surface area contributed by atoms with E-state index < -0.39 is 23.5 Å². The Bertz CT molecular complexity index is 1240. The first-order valence-electron chi connectivity index (χ1n) is 10.8. The third-order valence-corrected chi connectivity index (χ3v) is 5.36. The van der Waals surface area contributed by atoms with Crippen LogP contribution in [0.15, 0.2) is 81.5 Å². The first-order chi connectivity index (χ1) is 16.4. The number of rotatable bonds is 10. The van der Waals surface area contributed by atoms with Gasteiger partial charge in [0.15, 0.2) is 23.0 Å². The minimum absolute atomic E-state index is 0.0349. The number of furan rings is 2. The summed E-state index contributed by atoms with van der Waals surface area (Å²) in [6.45, 7) is 7.92. The number of aliphatic hydroxyl groups excluding tert-OH is 1. The van der Waals surface area contributed by atoms with E-state index in [1.54, 1.807) is 49.4 Å². The molecule has 34 heavy (non-hydrogen) atoms. The molecule has 8 heteroatoms. The van der Waals surface area contributed by atoms with Crippen molar-refractivity contribution in [1.29, 1.82) is 0 Å². The van der Waals surface area contributed by atoms with Crippen LogP contribution in [0.1, 0.15) is 40.6 Å². The molecule has 0 fully saturated rings. The number of Topliss-reactive ketones (excluding diaryl/α,β-unsaturated/α-hetero) is 1. The number of ether oxygens (including phenoxy) is 2. The highest BCUT2D eigenvalue weighted by Crippen LogP contribution is 2.42. The molecular formula is C26H25NO7. The van der Waals surface area contributed by atoms with Crippen molar-refractivity contribution in [1.82, 2.24) is 4.90 Å². The number of aryl methyl sites for hydroxylation is 1. The van der Waals surface area contributed by atoms with Crippen molar-refractivity contribution >= 4 is 11.7 Å². The number of hydrogen-bond donors (Lipinski definition) is 1. The van der Waals surface area contributed by atoms with Gasteiger partial charge in [0.25, 0.3) is 5.91 Å². The van der Waals surface area contributed by atoms with Gasteiger partial charge in [0, 0.05) is 0 Å². The highest BCUT2D eigenvalue weighted by atomic mass is 16.5. The number of ketones is 1. The number of hydrogen-bond acceptors (Lipinski definition) is 7. The van der Waals surface area contributed by atoms with E-state index in [-0.39, 0.29) is 24.5 Å². The van der Waals surface area contributed by atoms with Crippen LogP contribution in [0.25, 0.3) is 0 Å². The Morgan fingerprint density at radius 3 is 2.68 bits per heavy atom. The Balaban J connectivity index is 1.81. The van der Waals surface area contributed by atoms with Crippen molar-refractivity contribution in [3.8, 4) is 11.5 Å². The minimum atomic E-state index is -0.900. The maximum Gasteiger partial charge on any atom is 0.290 e. The van der Waals surface area contributed by atoms with E-state index >= 15 is 0 Å². The van der Waals surface area contributed by atoms with E-state index in [0.29, 0.717) is 35.2 Å². The molecule has 0 saturated carbocycles. The topological polar surface area (TPSA) is 102 Å². The van der Waals surface area contributed by atoms with Gasteiger partial charge in [0.2, 0.25) is 5.78 Å². The van der Waals surface area contributed by atoms with Gasteiger partial charge < -0.3 is 28.3 Å². The fourth-order valence-electron chi connectivity index (χ4n) is 3.89. The van der Waals surface area contributed by atoms with Gasteiger partial charge in [-0.3, -0.25) is 9.59 Å². The van der Waals surface area contributed by atoms with Crippen LogP contribution in [0.3, 0.4) is 0 Å². The Labute approximate surface area is 196 Å². The van der Waals surface area contributed by atoms with Gasteiger partial charge >= 0.3 is 0 Å². The Kier molecular flexibility index (Phi) is 6.58. The maximum atomic E-state index is 13.4. The summed E-state index contributed by atoms with van der Waals surface area (Å²) in [6.07, 6.45) is 3.11. The Hall–Kier alpha value is -4.20. The maximum absolute atomic E-state index is 13.4. The summed E-state index contributed by atoms with van der Waals surface area (Å²) >= 11 is 0. The monoisotopic (exact) mass is 463 g/mol. The van der Waals surface area contributed by atoms with Crippen LogP contribution in [0.2, 0.25) is 0 Å². The highest BCUT2D eigenvalue weighted by Gasteiger charge is 2.45. The zero-order chi connectivity index (χ0) is 24.2. The smallest absolute Gasteiger partial charge is 0.290 e. The lowest BCUT2D eigenvalue weighted by molar-refractivity contribution is -0.130. The van der Waals surface area contributed by atoms with Crippen LogP contribution in [0.5, 0.6) is 11.5 Å². The van der Waals surface area contributed by atoms with Crippen molar-refractivity contribution in [2.45, 2.75) is 26.4 Å². The molecule has 0 bridgehead atoms. The SMILES string of the molecule is C=CCOc1ccc(C2C(C(=O)c3ccc(C)o3)=C(O)C(=O)N2Cc2ccco2)cc1OCC. The first kappa shape index (κ1) is 23.0. The number of amides is 1. The van der Waals surface area contributed by atoms with Crippen LogP contribution < -0.4 is 9.47 Å². The molecule has 0 radical (unpaired) electrons. The van der Waals surface area contributed by atoms with Crippen molar-refractivity contribution in [3.05, 3.63) is 95.6 Å². The molecule has 1 N–H and O–H groups in total. The van der Waals surface area contributed by atoms with E-state index in [1.165, 1.54) is 17.2 Å². The second-order valence-electron chi connectivity index (χ2n) is 7.66. The molecule has 1 aliphatic rings. The largest absolute Gasteiger partial charge is 0.503 e. The molecule has 1 unspecified atom stereocenters. The van der Waals surface area contributed by atoms with E-state index in [0.717, 1.165) is 0 Å². The van der Waals surface area contributed by atoms with E-state index in [1.807, 2.05) is 6.92 Å². The Morgan fingerprint density at radius 2 is 2.03 bits per heavy atom. The molecule has 0 spiro atoms. The molecule has 1 amide bonds. The molecule has 0 aliphatic carbocycles. The van der Waals surface area contributed by atoms with Crippen molar-refractivity contribution in [2.24, 2.45) is 0 Å². The summed E-state index contributed by atoms with van der Waals surface area (Å²) in [6, 6.07) is 10.8. The molecule has 8 nitrogen and oxygen atoms in total. The van der Waals surface area contributed by atoms with Crippen LogP contribution in [0, 0.1) is 6.92 Å². The quantitative estimate of drug-likeness (QED) is 0.336. The van der Waals surface area contributed by atoms with E-state index in [9.17, 15) is 14.7 Å². The number of carbonyl (C=O) groups is 2. The number of nitrogens with zero attached hydrogens (tertiary/aromatic N) is 1. The lowest BCUT2D eigenvalue weighted by atomic mass is 9.94. The van der Waals surface area contributed by atoms with Gasteiger partial charge in [-0.1, -0.05) is 18.7 Å². The van der Waals surface area contributed by atoms with Crippen LogP contribution in [-0.2, 0) is 11.3 Å². The molecule has 3 aromatic rings. The molecule has 2 aromatic heterocycles. The predicted octanol–water partition coefficient (Wildman–Crippen LogP) is 4.92. The molecule has 176 valence electrons. The van der Waals surface area contributed by atoms with Crippen LogP contribution >= 0.6 is 0 Å². The minimum Gasteiger partial charge on any atom is -0.503 e. The first-order valence-corrected chi connectivity index (χ1v) is 10.8. The average molecular weight is 463 g/mol. The van der Waals surface area contributed by atoms with Gasteiger partial charge in [-0.05, 0) is 55.8 Å². The standard InChI is InChI=1S/C26H25NO7/c1-4-12-33-19-11-9-17(14-21(19)31-5-2)23-22(24(28)20-10-8-16(3)34-20)25(29)26(30)27(23)15-18-7-6-13-32-18/h4,6-11,13-14,23,29H,1,5,12,15H2,2-3H3. The van der Waals surface area contributed by atoms with Gasteiger partial charge in [-0.25, -0.2) is 0 Å². The number of carbonyl (C=O) groups excluding carboxylic acids is 2. The van der Waals surface area contributed by atoms with Gasteiger partial charge in [-0.15, -0.1) is 0 Å². The zero-order valence-electron chi connectivity index (χ0n) is 18.9. The summed E-state index contributed by atoms with van der Waals surface area (Å²) < 4.78 is 22.3. The van der Waals surface area contributed by atoms with Crippen LogP contribution in [0.4, 0.5) is 0 Å². The van der Waals surface area contributed by atoms with E-state index in [4.69, 9.17) is 18.3 Å².